The third-order valence-corrected chi connectivity index (χ3v) is 7.15. The van der Waals surface area contributed by atoms with Crippen LogP contribution in [0.25, 0.3) is 0 Å². The zero-order chi connectivity index (χ0) is 24.3. The first-order chi connectivity index (χ1) is 16.5. The van der Waals surface area contributed by atoms with E-state index < -0.39 is 5.97 Å². The summed E-state index contributed by atoms with van der Waals surface area (Å²) in [5.41, 5.74) is 2.20. The first-order valence-electron chi connectivity index (χ1n) is 12.0. The van der Waals surface area contributed by atoms with Crippen LogP contribution in [0.4, 0.5) is 4.79 Å². The van der Waals surface area contributed by atoms with E-state index in [0.29, 0.717) is 13.1 Å². The number of thiophene rings is 1. The topological polar surface area (TPSA) is 79.0 Å². The number of carbonyl (C=O) groups is 3. The fraction of sp³-hybridized carbons (Fsp3) is 0.500. The molecule has 1 aromatic heterocycles. The molecular weight excluding hydrogens is 450 g/mol. The van der Waals surface area contributed by atoms with Gasteiger partial charge < -0.3 is 19.9 Å². The van der Waals surface area contributed by atoms with Gasteiger partial charge in [0.2, 0.25) is 5.91 Å². The second-order valence-corrected chi connectivity index (χ2v) is 9.65. The van der Waals surface area contributed by atoms with Gasteiger partial charge in [-0.15, -0.1) is 11.3 Å². The van der Waals surface area contributed by atoms with E-state index in [1.54, 1.807) is 23.2 Å². The van der Waals surface area contributed by atoms with Crippen LogP contribution >= 0.6 is 11.3 Å². The lowest BCUT2D eigenvalue weighted by atomic mass is 9.94. The molecule has 2 aromatic rings. The molecule has 0 aliphatic heterocycles. The molecule has 0 saturated heterocycles. The van der Waals surface area contributed by atoms with Crippen molar-refractivity contribution >= 4 is 29.2 Å². The zero-order valence-electron chi connectivity index (χ0n) is 20.1. The lowest BCUT2D eigenvalue weighted by Gasteiger charge is -2.35. The average Bonchev–Trinajstić information content (AvgIpc) is 3.26. The molecule has 1 aromatic carbocycles. The van der Waals surface area contributed by atoms with Crippen molar-refractivity contribution in [3.63, 3.8) is 0 Å². The molecule has 184 valence electrons. The maximum atomic E-state index is 13.6. The van der Waals surface area contributed by atoms with Gasteiger partial charge in [-0.25, -0.2) is 4.79 Å². The summed E-state index contributed by atoms with van der Waals surface area (Å²) in [5, 5.41) is 4.69. The van der Waals surface area contributed by atoms with E-state index in [2.05, 4.69) is 11.4 Å². The van der Waals surface area contributed by atoms with Crippen molar-refractivity contribution in [2.45, 2.75) is 65.1 Å². The Hall–Kier alpha value is -2.87. The molecule has 1 heterocycles. The number of benzene rings is 1. The van der Waals surface area contributed by atoms with E-state index in [9.17, 15) is 14.4 Å². The zero-order valence-corrected chi connectivity index (χ0v) is 20.9. The van der Waals surface area contributed by atoms with Crippen LogP contribution in [0.5, 0.6) is 0 Å². The fourth-order valence-electron chi connectivity index (χ4n) is 4.24. The number of carbonyl (C=O) groups excluding carboxylic acids is 3. The number of aryl methyl sites for hydroxylation is 1. The highest BCUT2D eigenvalue weighted by atomic mass is 32.1. The van der Waals surface area contributed by atoms with E-state index >= 15 is 0 Å². The number of urea groups is 1. The van der Waals surface area contributed by atoms with E-state index in [1.807, 2.05) is 47.5 Å². The lowest BCUT2D eigenvalue weighted by molar-refractivity contribution is -0.141. The Morgan fingerprint density at radius 1 is 1.06 bits per heavy atom. The first kappa shape index (κ1) is 25.7. The van der Waals surface area contributed by atoms with E-state index in [4.69, 9.17) is 4.74 Å². The second kappa shape index (κ2) is 13.1. The van der Waals surface area contributed by atoms with Gasteiger partial charge in [0.1, 0.15) is 13.1 Å². The van der Waals surface area contributed by atoms with Gasteiger partial charge in [-0.1, -0.05) is 49.6 Å². The Morgan fingerprint density at radius 3 is 2.44 bits per heavy atom. The van der Waals surface area contributed by atoms with Gasteiger partial charge >= 0.3 is 12.0 Å². The number of hydrogen-bond acceptors (Lipinski definition) is 5. The molecule has 3 amide bonds. The molecule has 0 atom stereocenters. The van der Waals surface area contributed by atoms with Crippen LogP contribution < -0.4 is 5.32 Å². The van der Waals surface area contributed by atoms with Gasteiger partial charge in [-0.2, -0.15) is 0 Å². The molecule has 1 N–H and O–H groups in total. The van der Waals surface area contributed by atoms with Crippen LogP contribution in [0.3, 0.4) is 0 Å². The van der Waals surface area contributed by atoms with Crippen molar-refractivity contribution in [1.29, 1.82) is 0 Å². The van der Waals surface area contributed by atoms with Gasteiger partial charge in [-0.3, -0.25) is 9.59 Å². The van der Waals surface area contributed by atoms with Crippen molar-refractivity contribution in [3.8, 4) is 0 Å². The van der Waals surface area contributed by atoms with Crippen molar-refractivity contribution < 1.29 is 19.1 Å². The average molecular weight is 486 g/mol. The van der Waals surface area contributed by atoms with Gasteiger partial charge in [0, 0.05) is 17.5 Å². The first-order valence-corrected chi connectivity index (χ1v) is 12.9. The highest BCUT2D eigenvalue weighted by molar-refractivity contribution is 7.10. The summed E-state index contributed by atoms with van der Waals surface area (Å²) in [7, 11) is 0. The van der Waals surface area contributed by atoms with Crippen LogP contribution in [0.1, 0.15) is 55.0 Å². The Balaban J connectivity index is 1.75. The standard InChI is InChI=1S/C26H35N3O4S/c1-3-33-25(31)16-27-26(32)29(22-12-8-5-9-13-22)19-24(30)28(17-21-10-6-4-7-11-21)18-23-20(2)14-15-34-23/h4,6-7,10-11,14-15,22H,3,5,8-9,12-13,16-19H2,1-2H3,(H,27,32). The molecule has 3 rings (SSSR count). The van der Waals surface area contributed by atoms with Crippen molar-refractivity contribution in [3.05, 3.63) is 57.8 Å². The monoisotopic (exact) mass is 485 g/mol. The Bertz CT molecular complexity index is 941. The van der Waals surface area contributed by atoms with E-state index in [0.717, 1.165) is 48.1 Å². The number of rotatable bonds is 10. The second-order valence-electron chi connectivity index (χ2n) is 8.65. The van der Waals surface area contributed by atoms with Gasteiger partial charge in [0.15, 0.2) is 0 Å². The summed E-state index contributed by atoms with van der Waals surface area (Å²) in [6.07, 6.45) is 4.93. The van der Waals surface area contributed by atoms with Gasteiger partial charge in [0.25, 0.3) is 0 Å². The SMILES string of the molecule is CCOC(=O)CNC(=O)N(CC(=O)N(Cc1ccccc1)Cc1sccc1C)C1CCCCC1. The third kappa shape index (κ3) is 7.58. The quantitative estimate of drug-likeness (QED) is 0.503. The van der Waals surface area contributed by atoms with E-state index in [1.165, 1.54) is 0 Å². The number of amides is 3. The maximum Gasteiger partial charge on any atom is 0.325 e. The molecule has 8 heteroatoms. The van der Waals surface area contributed by atoms with Crippen LogP contribution in [-0.4, -0.2) is 53.4 Å². The largest absolute Gasteiger partial charge is 0.465 e. The molecule has 1 aliphatic carbocycles. The fourth-order valence-corrected chi connectivity index (χ4v) is 5.16. The normalized spacial score (nSPS) is 13.8. The Morgan fingerprint density at radius 2 is 1.79 bits per heavy atom. The van der Waals surface area contributed by atoms with E-state index in [-0.39, 0.29) is 37.7 Å². The molecule has 0 spiro atoms. The number of esters is 1. The molecule has 0 unspecified atom stereocenters. The van der Waals surface area contributed by atoms with Crippen LogP contribution in [0.2, 0.25) is 0 Å². The van der Waals surface area contributed by atoms with Crippen molar-refractivity contribution in [1.82, 2.24) is 15.1 Å². The molecule has 0 bridgehead atoms. The summed E-state index contributed by atoms with van der Waals surface area (Å²) in [4.78, 5) is 43.0. The minimum absolute atomic E-state index is 0.0121. The Kier molecular flexibility index (Phi) is 9.94. The van der Waals surface area contributed by atoms with Crippen LogP contribution in [0, 0.1) is 6.92 Å². The maximum absolute atomic E-state index is 13.6. The minimum atomic E-state index is -0.482. The summed E-state index contributed by atoms with van der Waals surface area (Å²) in [6.45, 7) is 4.79. The Labute approximate surface area is 206 Å². The summed E-state index contributed by atoms with van der Waals surface area (Å²) in [5.74, 6) is -0.585. The predicted molar refractivity (Wildman–Crippen MR) is 133 cm³/mol. The minimum Gasteiger partial charge on any atom is -0.465 e. The van der Waals surface area contributed by atoms with Crippen LogP contribution in [-0.2, 0) is 27.4 Å². The molecule has 1 saturated carbocycles. The third-order valence-electron chi connectivity index (χ3n) is 6.14. The molecule has 0 radical (unpaired) electrons. The number of hydrogen-bond donors (Lipinski definition) is 1. The summed E-state index contributed by atoms with van der Waals surface area (Å²) in [6, 6.07) is 11.6. The molecule has 1 fully saturated rings. The predicted octanol–water partition coefficient (Wildman–Crippen LogP) is 4.49. The molecule has 34 heavy (non-hydrogen) atoms. The van der Waals surface area contributed by atoms with Crippen LogP contribution in [0.15, 0.2) is 41.8 Å². The van der Waals surface area contributed by atoms with Crippen molar-refractivity contribution in [2.75, 3.05) is 19.7 Å². The summed E-state index contributed by atoms with van der Waals surface area (Å²) >= 11 is 1.64. The highest BCUT2D eigenvalue weighted by Crippen LogP contribution is 2.24. The van der Waals surface area contributed by atoms with Gasteiger partial charge in [0.05, 0.1) is 13.2 Å². The smallest absolute Gasteiger partial charge is 0.325 e. The summed E-state index contributed by atoms with van der Waals surface area (Å²) < 4.78 is 4.93. The van der Waals surface area contributed by atoms with Gasteiger partial charge in [-0.05, 0) is 49.3 Å². The molecule has 1 aliphatic rings. The molecule has 7 nitrogen and oxygen atoms in total. The number of ether oxygens (including phenoxy) is 1. The number of nitrogens with one attached hydrogen (secondary N) is 1. The highest BCUT2D eigenvalue weighted by Gasteiger charge is 2.29. The molecular formula is C26H35N3O4S. The lowest BCUT2D eigenvalue weighted by Crippen LogP contribution is -2.52. The number of nitrogens with zero attached hydrogens (tertiary/aromatic N) is 2. The van der Waals surface area contributed by atoms with Crippen molar-refractivity contribution in [2.24, 2.45) is 0 Å².